The summed E-state index contributed by atoms with van der Waals surface area (Å²) in [6.45, 7) is 0. The zero-order chi connectivity index (χ0) is 30.7. The maximum absolute atomic E-state index is 14.0. The Balaban J connectivity index is 1.65. The fourth-order valence-corrected chi connectivity index (χ4v) is 6.27. The summed E-state index contributed by atoms with van der Waals surface area (Å²) in [7, 11) is 4.35. The van der Waals surface area contributed by atoms with E-state index >= 15 is 0 Å². The third kappa shape index (κ3) is 4.13. The van der Waals surface area contributed by atoms with Gasteiger partial charge in [-0.25, -0.2) is 0 Å². The van der Waals surface area contributed by atoms with Crippen molar-refractivity contribution in [3.8, 4) is 17.6 Å². The second-order valence-electron chi connectivity index (χ2n) is 10.7. The number of aliphatic hydroxyl groups excluding tert-OH is 2. The molecule has 5 rings (SSSR count). The second kappa shape index (κ2) is 10.1. The van der Waals surface area contributed by atoms with Gasteiger partial charge in [-0.05, 0) is 62.7 Å². The van der Waals surface area contributed by atoms with Crippen LogP contribution in [0.5, 0.6) is 5.75 Å². The van der Waals surface area contributed by atoms with Crippen LogP contribution in [0.25, 0.3) is 5.76 Å². The fraction of sp³-hybridized carbons (Fsp3) is 0.300. The van der Waals surface area contributed by atoms with Crippen molar-refractivity contribution in [2.45, 2.75) is 24.5 Å². The fourth-order valence-electron chi connectivity index (χ4n) is 6.27. The molecule has 4 atom stereocenters. The van der Waals surface area contributed by atoms with E-state index in [-0.39, 0.29) is 35.4 Å². The number of phenolic OH excluding ortho intramolecular Hbond substituents is 1. The third-order valence-corrected chi connectivity index (χ3v) is 8.23. The molecule has 216 valence electrons. The van der Waals surface area contributed by atoms with Crippen LogP contribution in [-0.2, 0) is 20.8 Å². The largest absolute Gasteiger partial charge is 0.508 e. The molecule has 0 bridgehead atoms. The number of nitrogens with one attached hydrogen (secondary N) is 1. The highest BCUT2D eigenvalue weighted by molar-refractivity contribution is 6.24. The zero-order valence-electron chi connectivity index (χ0n) is 22.8. The summed E-state index contributed by atoms with van der Waals surface area (Å²) in [4.78, 5) is 51.8. The van der Waals surface area contributed by atoms with E-state index in [9.17, 15) is 44.9 Å². The summed E-state index contributed by atoms with van der Waals surface area (Å²) in [5.74, 6) is -0.785. The SMILES string of the molecule is CNC(=O)C1=C(O)[C@@]2(O)C(=O)C3=C(O)c4c(O)ccc(C#Cc5ccc([N+](=O)[O-])cc5)c4C[C@H]3C[C@H]2[C@H](N(C)C)C1=O. The number of amides is 1. The minimum Gasteiger partial charge on any atom is -0.508 e. The van der Waals surface area contributed by atoms with Crippen molar-refractivity contribution in [2.24, 2.45) is 11.8 Å². The van der Waals surface area contributed by atoms with E-state index in [0.717, 1.165) is 0 Å². The first-order chi connectivity index (χ1) is 19.8. The summed E-state index contributed by atoms with van der Waals surface area (Å²) in [5, 5.41) is 58.1. The lowest BCUT2D eigenvalue weighted by Gasteiger charge is -2.50. The van der Waals surface area contributed by atoms with E-state index in [2.05, 4.69) is 17.2 Å². The van der Waals surface area contributed by atoms with Gasteiger partial charge < -0.3 is 25.7 Å². The average Bonchev–Trinajstić information content (AvgIpc) is 2.94. The van der Waals surface area contributed by atoms with Crippen molar-refractivity contribution in [1.82, 2.24) is 10.2 Å². The molecule has 0 aliphatic heterocycles. The zero-order valence-corrected chi connectivity index (χ0v) is 22.8. The molecule has 2 aromatic carbocycles. The Hall–Kier alpha value is -4.99. The van der Waals surface area contributed by atoms with Gasteiger partial charge in [0.1, 0.15) is 22.8 Å². The molecule has 12 heteroatoms. The molecule has 0 unspecified atom stereocenters. The van der Waals surface area contributed by atoms with Crippen LogP contribution in [0.3, 0.4) is 0 Å². The number of nitro groups is 1. The van der Waals surface area contributed by atoms with Gasteiger partial charge in [-0.2, -0.15) is 0 Å². The Bertz CT molecular complexity index is 1690. The van der Waals surface area contributed by atoms with Crippen molar-refractivity contribution in [2.75, 3.05) is 21.1 Å². The molecule has 42 heavy (non-hydrogen) atoms. The molecule has 12 nitrogen and oxygen atoms in total. The molecule has 3 aliphatic carbocycles. The predicted octanol–water partition coefficient (Wildman–Crippen LogP) is 1.53. The lowest BCUT2D eigenvalue weighted by molar-refractivity contribution is -0.384. The Kier molecular flexibility index (Phi) is 6.88. The Morgan fingerprint density at radius 1 is 1.10 bits per heavy atom. The van der Waals surface area contributed by atoms with Gasteiger partial charge in [-0.3, -0.25) is 29.4 Å². The number of benzene rings is 2. The van der Waals surface area contributed by atoms with Crippen LogP contribution in [0.1, 0.15) is 28.7 Å². The first-order valence-corrected chi connectivity index (χ1v) is 13.0. The lowest BCUT2D eigenvalue weighted by Crippen LogP contribution is -2.65. The standard InChI is InChI=1S/C30H27N3O9/c1-31-29(39)23-26(36)24(32(2)3)19-13-16-12-18-15(7-4-14-5-9-17(10-6-14)33(41)42)8-11-20(34)22(18)25(35)21(16)27(37)30(19,40)28(23)38/h5-6,8-11,16,19,24,34-35,38,40H,12-13H2,1-3H3,(H,31,39)/t16-,19-,24-,30-/m0/s1. The van der Waals surface area contributed by atoms with Crippen molar-refractivity contribution in [3.05, 3.63) is 85.7 Å². The number of hydrogen-bond acceptors (Lipinski definition) is 10. The Labute approximate surface area is 239 Å². The van der Waals surface area contributed by atoms with E-state index in [1.54, 1.807) is 20.2 Å². The number of nitro benzene ring substituents is 1. The average molecular weight is 574 g/mol. The highest BCUT2D eigenvalue weighted by Crippen LogP contribution is 2.52. The van der Waals surface area contributed by atoms with Crippen LogP contribution >= 0.6 is 0 Å². The van der Waals surface area contributed by atoms with Crippen LogP contribution in [0, 0.1) is 33.8 Å². The molecule has 0 radical (unpaired) electrons. The highest BCUT2D eigenvalue weighted by Gasteiger charge is 2.64. The summed E-state index contributed by atoms with van der Waals surface area (Å²) >= 11 is 0. The highest BCUT2D eigenvalue weighted by atomic mass is 16.6. The van der Waals surface area contributed by atoms with Gasteiger partial charge in [-0.15, -0.1) is 0 Å². The van der Waals surface area contributed by atoms with E-state index in [4.69, 9.17) is 0 Å². The molecule has 1 amide bonds. The number of rotatable bonds is 3. The number of aliphatic hydroxyl groups is 3. The van der Waals surface area contributed by atoms with E-state index in [0.29, 0.717) is 16.7 Å². The van der Waals surface area contributed by atoms with Crippen LogP contribution < -0.4 is 5.32 Å². The normalized spacial score (nSPS) is 24.8. The molecular formula is C30H27N3O9. The van der Waals surface area contributed by atoms with Crippen molar-refractivity contribution >= 4 is 28.9 Å². The maximum Gasteiger partial charge on any atom is 0.269 e. The Morgan fingerprint density at radius 2 is 1.76 bits per heavy atom. The molecular weight excluding hydrogens is 546 g/mol. The van der Waals surface area contributed by atoms with Crippen molar-refractivity contribution in [1.29, 1.82) is 0 Å². The summed E-state index contributed by atoms with van der Waals surface area (Å²) in [6, 6.07) is 7.31. The number of nitrogens with zero attached hydrogens (tertiary/aromatic N) is 2. The number of hydrogen-bond donors (Lipinski definition) is 5. The molecule has 0 saturated heterocycles. The van der Waals surface area contributed by atoms with Crippen LogP contribution in [0.4, 0.5) is 5.69 Å². The molecule has 0 aromatic heterocycles. The summed E-state index contributed by atoms with van der Waals surface area (Å²) in [6.07, 6.45) is 0.0818. The number of carbonyl (C=O) groups is 3. The Morgan fingerprint density at radius 3 is 2.36 bits per heavy atom. The minimum absolute atomic E-state index is 0.0222. The molecule has 1 fully saturated rings. The topological polar surface area (TPSA) is 191 Å². The molecule has 0 spiro atoms. The monoisotopic (exact) mass is 573 g/mol. The molecule has 0 heterocycles. The van der Waals surface area contributed by atoms with Gasteiger partial charge in [0, 0.05) is 41.8 Å². The molecule has 3 aliphatic rings. The maximum atomic E-state index is 14.0. The quantitative estimate of drug-likeness (QED) is 0.156. The van der Waals surface area contributed by atoms with E-state index in [1.165, 1.54) is 42.3 Å². The van der Waals surface area contributed by atoms with Crippen LogP contribution in [0.2, 0.25) is 0 Å². The molecule has 5 N–H and O–H groups in total. The van der Waals surface area contributed by atoms with Crippen molar-refractivity contribution < 1.29 is 39.7 Å². The number of non-ortho nitro benzene ring substituents is 1. The minimum atomic E-state index is -2.68. The molecule has 2 aromatic rings. The smallest absolute Gasteiger partial charge is 0.269 e. The van der Waals surface area contributed by atoms with Crippen LogP contribution in [0.15, 0.2) is 53.3 Å². The third-order valence-electron chi connectivity index (χ3n) is 8.23. The van der Waals surface area contributed by atoms with Gasteiger partial charge in [-0.1, -0.05) is 11.8 Å². The van der Waals surface area contributed by atoms with Gasteiger partial charge >= 0.3 is 0 Å². The molecule has 1 saturated carbocycles. The number of Topliss-reactive ketones (excluding diaryl/α,β-unsaturated/α-hetero) is 2. The number of aromatic hydroxyl groups is 1. The number of ketones is 2. The number of likely N-dealkylation sites (N-methyl/N-ethyl adjacent to an activating group) is 2. The second-order valence-corrected chi connectivity index (χ2v) is 10.7. The number of fused-ring (bicyclic) bond motifs is 3. The van der Waals surface area contributed by atoms with Gasteiger partial charge in [0.15, 0.2) is 11.4 Å². The predicted molar refractivity (Wildman–Crippen MR) is 148 cm³/mol. The van der Waals surface area contributed by atoms with Crippen molar-refractivity contribution in [3.63, 3.8) is 0 Å². The first-order valence-electron chi connectivity index (χ1n) is 13.0. The summed E-state index contributed by atoms with van der Waals surface area (Å²) < 4.78 is 0. The van der Waals surface area contributed by atoms with Gasteiger partial charge in [0.25, 0.3) is 11.6 Å². The van der Waals surface area contributed by atoms with Gasteiger partial charge in [0.2, 0.25) is 5.78 Å². The van der Waals surface area contributed by atoms with E-state index < -0.39 is 63.0 Å². The van der Waals surface area contributed by atoms with Gasteiger partial charge in [0.05, 0.1) is 16.5 Å². The number of phenols is 1. The van der Waals surface area contributed by atoms with Crippen LogP contribution in [-0.4, -0.2) is 80.5 Å². The summed E-state index contributed by atoms with van der Waals surface area (Å²) in [5.41, 5.74) is -2.44. The number of carbonyl (C=O) groups excluding carboxylic acids is 3. The van der Waals surface area contributed by atoms with E-state index in [1.807, 2.05) is 0 Å². The lowest BCUT2D eigenvalue weighted by atomic mass is 9.57. The first kappa shape index (κ1) is 28.5.